The minimum atomic E-state index is -0.970. The van der Waals surface area contributed by atoms with Gasteiger partial charge >= 0.3 is 0 Å². The van der Waals surface area contributed by atoms with Crippen molar-refractivity contribution in [3.8, 4) is 5.75 Å². The number of nitrogens with zero attached hydrogens (tertiary/aromatic N) is 6. The van der Waals surface area contributed by atoms with E-state index in [1.807, 2.05) is 54.6 Å². The molecule has 3 heterocycles. The van der Waals surface area contributed by atoms with E-state index in [-0.39, 0.29) is 24.9 Å². The summed E-state index contributed by atoms with van der Waals surface area (Å²) in [6.07, 6.45) is 3.37. The smallest absolute Gasteiger partial charge is 0.251 e. The van der Waals surface area contributed by atoms with Gasteiger partial charge in [0, 0.05) is 43.4 Å². The predicted molar refractivity (Wildman–Crippen MR) is 166 cm³/mol. The zero-order chi connectivity index (χ0) is 30.3. The number of anilines is 2. The molecule has 2 aromatic heterocycles. The third kappa shape index (κ3) is 6.52. The number of carbonyl (C=O) groups excluding carboxylic acids is 2. The SMILES string of the molecule is COc1ccc([C@H](C(=O)Nc2ccc(N3CCOCC3)cc2)N(Cc2cccnc2)C(=O)Cn2nnc3ccccc32)cc1. The lowest BCUT2D eigenvalue weighted by Gasteiger charge is -2.32. The maximum absolute atomic E-state index is 14.2. The second-order valence-corrected chi connectivity index (χ2v) is 10.4. The molecule has 1 fully saturated rings. The fraction of sp³-hybridized carbons (Fsp3) is 0.242. The number of hydrogen-bond donors (Lipinski definition) is 1. The van der Waals surface area contributed by atoms with Gasteiger partial charge in [-0.3, -0.25) is 14.6 Å². The van der Waals surface area contributed by atoms with Gasteiger partial charge in [-0.05, 0) is 65.7 Å². The van der Waals surface area contributed by atoms with Gasteiger partial charge in [0.2, 0.25) is 5.91 Å². The van der Waals surface area contributed by atoms with Gasteiger partial charge in [0.1, 0.15) is 23.9 Å². The Labute approximate surface area is 255 Å². The molecule has 3 aromatic carbocycles. The van der Waals surface area contributed by atoms with Crippen LogP contribution in [0.25, 0.3) is 11.0 Å². The minimum Gasteiger partial charge on any atom is -0.497 e. The van der Waals surface area contributed by atoms with E-state index < -0.39 is 6.04 Å². The van der Waals surface area contributed by atoms with E-state index in [4.69, 9.17) is 9.47 Å². The fourth-order valence-electron chi connectivity index (χ4n) is 5.31. The van der Waals surface area contributed by atoms with Crippen LogP contribution in [0.3, 0.4) is 0 Å². The lowest BCUT2D eigenvalue weighted by atomic mass is 10.0. The molecular formula is C33H33N7O4. The minimum absolute atomic E-state index is 0.102. The van der Waals surface area contributed by atoms with Gasteiger partial charge in [0.25, 0.3) is 5.91 Å². The van der Waals surface area contributed by atoms with Gasteiger partial charge in [-0.15, -0.1) is 5.10 Å². The molecule has 0 spiro atoms. The monoisotopic (exact) mass is 591 g/mol. The number of amides is 2. The van der Waals surface area contributed by atoms with Crippen molar-refractivity contribution in [1.29, 1.82) is 0 Å². The highest BCUT2D eigenvalue weighted by atomic mass is 16.5. The Hall–Kier alpha value is -5.29. The van der Waals surface area contributed by atoms with Gasteiger partial charge in [-0.25, -0.2) is 4.68 Å². The summed E-state index contributed by atoms with van der Waals surface area (Å²) in [5.41, 5.74) is 4.52. The molecule has 0 bridgehead atoms. The Morgan fingerprint density at radius 3 is 2.48 bits per heavy atom. The Morgan fingerprint density at radius 2 is 1.75 bits per heavy atom. The standard InChI is InChI=1S/C33H33N7O4/c1-43-28-14-8-25(9-15-28)32(33(42)35-26-10-12-27(13-11-26)38-17-19-44-20-18-38)39(22-24-5-4-16-34-21-24)31(41)23-40-30-7-3-2-6-29(30)36-37-40/h2-16,21,32H,17-20,22-23H2,1H3,(H,35,42)/t32-/m1/s1. The second kappa shape index (κ2) is 13.3. The van der Waals surface area contributed by atoms with E-state index in [9.17, 15) is 9.59 Å². The highest BCUT2D eigenvalue weighted by Crippen LogP contribution is 2.28. The summed E-state index contributed by atoms with van der Waals surface area (Å²) in [7, 11) is 1.58. The van der Waals surface area contributed by atoms with Gasteiger partial charge in [-0.2, -0.15) is 0 Å². The molecule has 6 rings (SSSR count). The zero-order valence-electron chi connectivity index (χ0n) is 24.4. The number of pyridine rings is 1. The molecule has 1 atom stereocenters. The molecule has 11 heteroatoms. The van der Waals surface area contributed by atoms with Crippen molar-refractivity contribution < 1.29 is 19.1 Å². The number of carbonyl (C=O) groups is 2. The Balaban J connectivity index is 1.33. The van der Waals surface area contributed by atoms with Crippen molar-refractivity contribution in [3.05, 3.63) is 108 Å². The third-order valence-corrected chi connectivity index (χ3v) is 7.60. The van der Waals surface area contributed by atoms with Crippen LogP contribution in [-0.2, 0) is 27.4 Å². The number of ether oxygens (including phenoxy) is 2. The summed E-state index contributed by atoms with van der Waals surface area (Å²) >= 11 is 0. The first-order valence-electron chi connectivity index (χ1n) is 14.4. The average Bonchev–Trinajstić information content (AvgIpc) is 3.48. The van der Waals surface area contributed by atoms with Crippen molar-refractivity contribution in [2.75, 3.05) is 43.6 Å². The van der Waals surface area contributed by atoms with Crippen LogP contribution in [0.15, 0.2) is 97.3 Å². The van der Waals surface area contributed by atoms with Crippen molar-refractivity contribution in [1.82, 2.24) is 24.9 Å². The van der Waals surface area contributed by atoms with Crippen LogP contribution in [0.2, 0.25) is 0 Å². The number of rotatable bonds is 10. The number of methoxy groups -OCH3 is 1. The summed E-state index contributed by atoms with van der Waals surface area (Å²) in [5, 5.41) is 11.5. The molecule has 1 saturated heterocycles. The van der Waals surface area contributed by atoms with E-state index in [2.05, 4.69) is 25.5 Å². The lowest BCUT2D eigenvalue weighted by molar-refractivity contribution is -0.140. The number of benzene rings is 3. The number of nitrogens with one attached hydrogen (secondary N) is 1. The van der Waals surface area contributed by atoms with Crippen LogP contribution in [0.1, 0.15) is 17.2 Å². The zero-order valence-corrected chi connectivity index (χ0v) is 24.4. The molecule has 5 aromatic rings. The summed E-state index contributed by atoms with van der Waals surface area (Å²) in [5.74, 6) is -0.0102. The molecule has 0 radical (unpaired) electrons. The highest BCUT2D eigenvalue weighted by Gasteiger charge is 2.32. The van der Waals surface area contributed by atoms with Crippen molar-refractivity contribution in [3.63, 3.8) is 0 Å². The maximum Gasteiger partial charge on any atom is 0.251 e. The summed E-state index contributed by atoms with van der Waals surface area (Å²) in [6, 6.07) is 25.1. The van der Waals surface area contributed by atoms with Crippen LogP contribution in [-0.4, -0.2) is 70.1 Å². The first-order valence-corrected chi connectivity index (χ1v) is 14.4. The van der Waals surface area contributed by atoms with Gasteiger partial charge in [-0.1, -0.05) is 35.5 Å². The highest BCUT2D eigenvalue weighted by molar-refractivity contribution is 5.98. The normalized spacial score (nSPS) is 13.8. The number of aromatic nitrogens is 4. The van der Waals surface area contributed by atoms with Gasteiger partial charge in [0.15, 0.2) is 0 Å². The predicted octanol–water partition coefficient (Wildman–Crippen LogP) is 4.08. The fourth-order valence-corrected chi connectivity index (χ4v) is 5.31. The first kappa shape index (κ1) is 28.8. The summed E-state index contributed by atoms with van der Waals surface area (Å²) in [6.45, 7) is 3.06. The van der Waals surface area contributed by atoms with Crippen molar-refractivity contribution in [2.45, 2.75) is 19.1 Å². The molecule has 1 aliphatic heterocycles. The number of hydrogen-bond acceptors (Lipinski definition) is 8. The summed E-state index contributed by atoms with van der Waals surface area (Å²) < 4.78 is 12.4. The van der Waals surface area contributed by atoms with Gasteiger partial charge < -0.3 is 24.6 Å². The molecule has 224 valence electrons. The largest absolute Gasteiger partial charge is 0.497 e. The second-order valence-electron chi connectivity index (χ2n) is 10.4. The Bertz CT molecular complexity index is 1700. The topological polar surface area (TPSA) is 115 Å². The Morgan fingerprint density at radius 1 is 0.977 bits per heavy atom. The van der Waals surface area contributed by atoms with Crippen LogP contribution in [0.4, 0.5) is 11.4 Å². The quantitative estimate of drug-likeness (QED) is 0.259. The number of para-hydroxylation sites is 1. The van der Waals surface area contributed by atoms with E-state index in [1.54, 1.807) is 59.4 Å². The molecule has 1 aliphatic rings. The molecule has 1 N–H and O–H groups in total. The average molecular weight is 592 g/mol. The van der Waals surface area contributed by atoms with Crippen LogP contribution in [0.5, 0.6) is 5.75 Å². The Kier molecular flexibility index (Phi) is 8.74. The van der Waals surface area contributed by atoms with Gasteiger partial charge in [0.05, 0.1) is 25.8 Å². The van der Waals surface area contributed by atoms with Crippen LogP contribution >= 0.6 is 0 Å². The molecule has 44 heavy (non-hydrogen) atoms. The number of fused-ring (bicyclic) bond motifs is 1. The lowest BCUT2D eigenvalue weighted by Crippen LogP contribution is -2.42. The van der Waals surface area contributed by atoms with Crippen LogP contribution in [0, 0.1) is 0 Å². The first-order chi connectivity index (χ1) is 21.6. The van der Waals surface area contributed by atoms with E-state index in [0.717, 1.165) is 29.9 Å². The summed E-state index contributed by atoms with van der Waals surface area (Å²) in [4.78, 5) is 36.4. The molecule has 0 aliphatic carbocycles. The van der Waals surface area contributed by atoms with E-state index in [1.165, 1.54) is 0 Å². The maximum atomic E-state index is 14.2. The molecule has 0 unspecified atom stereocenters. The molecule has 0 saturated carbocycles. The van der Waals surface area contributed by atoms with Crippen molar-refractivity contribution in [2.24, 2.45) is 0 Å². The van der Waals surface area contributed by atoms with E-state index in [0.29, 0.717) is 35.7 Å². The van der Waals surface area contributed by atoms with Crippen molar-refractivity contribution >= 4 is 34.2 Å². The molecular weight excluding hydrogens is 558 g/mol. The molecule has 2 amide bonds. The van der Waals surface area contributed by atoms with E-state index >= 15 is 0 Å². The third-order valence-electron chi connectivity index (χ3n) is 7.60. The molecule has 11 nitrogen and oxygen atoms in total. The number of morpholine rings is 1. The van der Waals surface area contributed by atoms with Crippen LogP contribution < -0.4 is 15.0 Å².